The van der Waals surface area contributed by atoms with Gasteiger partial charge in [0, 0.05) is 68.1 Å². The number of aromatic nitrogens is 3. The number of carbonyl (C=O) groups is 2. The van der Waals surface area contributed by atoms with Crippen molar-refractivity contribution in [1.82, 2.24) is 24.3 Å². The molecular weight excluding hydrogens is 619 g/mol. The third-order valence-corrected chi connectivity index (χ3v) is 8.51. The van der Waals surface area contributed by atoms with Crippen LogP contribution in [0.15, 0.2) is 64.3 Å². The number of ether oxygens (including phenoxy) is 1. The SMILES string of the molecule is COc1nc(-c2cccc(-c3cccc(NC(=O)c4cn(C)c(=O)n(C)c4=O)c3Cl)c2Cl)ccc1CN(C)C[C@@H]1CCC(=O)N1. The zero-order chi connectivity index (χ0) is 32.4. The normalized spacial score (nSPS) is 14.5. The molecule has 1 atom stereocenters. The number of likely N-dealkylation sites (N-methyl/N-ethyl adjacent to an activating group) is 1. The van der Waals surface area contributed by atoms with Gasteiger partial charge < -0.3 is 19.9 Å². The van der Waals surface area contributed by atoms with Crippen molar-refractivity contribution in [2.24, 2.45) is 14.1 Å². The summed E-state index contributed by atoms with van der Waals surface area (Å²) in [4.78, 5) is 56.1. The minimum Gasteiger partial charge on any atom is -0.481 e. The number of nitrogens with one attached hydrogen (secondary N) is 2. The zero-order valence-corrected chi connectivity index (χ0v) is 26.7. The number of halogens is 2. The van der Waals surface area contributed by atoms with Gasteiger partial charge in [-0.05, 0) is 25.6 Å². The van der Waals surface area contributed by atoms with Gasteiger partial charge in [-0.3, -0.25) is 23.9 Å². The van der Waals surface area contributed by atoms with Crippen molar-refractivity contribution in [3.8, 4) is 28.3 Å². The van der Waals surface area contributed by atoms with Crippen molar-refractivity contribution in [1.29, 1.82) is 0 Å². The molecule has 1 saturated heterocycles. The largest absolute Gasteiger partial charge is 0.481 e. The Morgan fingerprint density at radius 1 is 1.04 bits per heavy atom. The summed E-state index contributed by atoms with van der Waals surface area (Å²) in [5.41, 5.74) is 2.09. The molecule has 0 saturated carbocycles. The van der Waals surface area contributed by atoms with Crippen molar-refractivity contribution in [2.75, 3.05) is 26.0 Å². The Morgan fingerprint density at radius 3 is 2.42 bits per heavy atom. The maximum Gasteiger partial charge on any atom is 0.330 e. The molecule has 2 aromatic carbocycles. The van der Waals surface area contributed by atoms with E-state index >= 15 is 0 Å². The van der Waals surface area contributed by atoms with Crippen LogP contribution in [0.3, 0.4) is 0 Å². The third-order valence-electron chi connectivity index (χ3n) is 7.69. The van der Waals surface area contributed by atoms with Gasteiger partial charge in [0.2, 0.25) is 11.8 Å². The van der Waals surface area contributed by atoms with Crippen molar-refractivity contribution < 1.29 is 14.3 Å². The standard InChI is InChI=1S/C32H32Cl2N6O5/c1-38(16-19-12-14-26(41)35-19)15-18-11-13-24(37-30(18)45-4)22-9-5-7-20(27(22)33)21-8-6-10-25(28(21)34)36-29(42)23-17-39(2)32(44)40(3)31(23)43/h5-11,13,17,19H,12,14-16H2,1-4H3,(H,35,41)(H,36,42)/t19-/m0/s1. The van der Waals surface area contributed by atoms with E-state index < -0.39 is 17.2 Å². The van der Waals surface area contributed by atoms with E-state index in [9.17, 15) is 19.2 Å². The van der Waals surface area contributed by atoms with E-state index in [1.165, 1.54) is 20.3 Å². The quantitative estimate of drug-likeness (QED) is 0.279. The van der Waals surface area contributed by atoms with Crippen molar-refractivity contribution in [3.63, 3.8) is 0 Å². The van der Waals surface area contributed by atoms with Crippen molar-refractivity contribution in [3.05, 3.63) is 96.7 Å². The van der Waals surface area contributed by atoms with E-state index in [1.54, 1.807) is 25.3 Å². The number of pyridine rings is 1. The molecular formula is C32H32Cl2N6O5. The second kappa shape index (κ2) is 13.3. The average molecular weight is 652 g/mol. The van der Waals surface area contributed by atoms with Crippen molar-refractivity contribution in [2.45, 2.75) is 25.4 Å². The number of anilines is 1. The molecule has 5 rings (SSSR count). The highest BCUT2D eigenvalue weighted by Gasteiger charge is 2.23. The molecule has 234 valence electrons. The van der Waals surface area contributed by atoms with Gasteiger partial charge in [-0.25, -0.2) is 9.78 Å². The second-order valence-corrected chi connectivity index (χ2v) is 11.7. The molecule has 0 bridgehead atoms. The molecule has 1 aliphatic rings. The van der Waals surface area contributed by atoms with Gasteiger partial charge in [0.1, 0.15) is 5.56 Å². The topological polar surface area (TPSA) is 128 Å². The Bertz CT molecular complexity index is 1920. The molecule has 13 heteroatoms. The van der Waals surface area contributed by atoms with E-state index in [0.29, 0.717) is 52.8 Å². The molecule has 11 nitrogen and oxygen atoms in total. The first-order valence-corrected chi connectivity index (χ1v) is 14.9. The van der Waals surface area contributed by atoms with E-state index in [-0.39, 0.29) is 28.2 Å². The van der Waals surface area contributed by atoms with E-state index in [4.69, 9.17) is 32.9 Å². The van der Waals surface area contributed by atoms with E-state index in [2.05, 4.69) is 15.5 Å². The maximum absolute atomic E-state index is 13.0. The van der Waals surface area contributed by atoms with Gasteiger partial charge >= 0.3 is 5.69 Å². The minimum absolute atomic E-state index is 0.0854. The average Bonchev–Trinajstić information content (AvgIpc) is 3.43. The highest BCUT2D eigenvalue weighted by atomic mass is 35.5. The monoisotopic (exact) mass is 650 g/mol. The molecule has 0 radical (unpaired) electrons. The van der Waals surface area contributed by atoms with Gasteiger partial charge in [0.05, 0.1) is 28.5 Å². The van der Waals surface area contributed by atoms with Crippen LogP contribution in [0, 0.1) is 0 Å². The van der Waals surface area contributed by atoms with Gasteiger partial charge in [-0.15, -0.1) is 0 Å². The van der Waals surface area contributed by atoms with Crippen LogP contribution in [0.25, 0.3) is 22.4 Å². The number of rotatable bonds is 9. The summed E-state index contributed by atoms with van der Waals surface area (Å²) in [6, 6.07) is 14.5. The smallest absolute Gasteiger partial charge is 0.330 e. The lowest BCUT2D eigenvalue weighted by atomic mass is 10.00. The molecule has 0 spiro atoms. The summed E-state index contributed by atoms with van der Waals surface area (Å²) in [7, 11) is 6.31. The lowest BCUT2D eigenvalue weighted by molar-refractivity contribution is -0.119. The summed E-state index contributed by atoms with van der Waals surface area (Å²) in [6.07, 6.45) is 2.57. The summed E-state index contributed by atoms with van der Waals surface area (Å²) in [5.74, 6) is -0.161. The zero-order valence-electron chi connectivity index (χ0n) is 25.2. The van der Waals surface area contributed by atoms with E-state index in [0.717, 1.165) is 21.1 Å². The van der Waals surface area contributed by atoms with Crippen LogP contribution in [0.5, 0.6) is 5.88 Å². The second-order valence-electron chi connectivity index (χ2n) is 11.0. The van der Waals surface area contributed by atoms with Gasteiger partial charge in [0.15, 0.2) is 0 Å². The summed E-state index contributed by atoms with van der Waals surface area (Å²) in [6.45, 7) is 1.29. The Hall–Kier alpha value is -4.45. The number of amides is 2. The Labute approximate surface area is 269 Å². The molecule has 2 N–H and O–H groups in total. The van der Waals surface area contributed by atoms with Crippen LogP contribution in [0.2, 0.25) is 10.0 Å². The Kier molecular flexibility index (Phi) is 9.42. The number of hydrogen-bond acceptors (Lipinski definition) is 7. The molecule has 0 aliphatic carbocycles. The fourth-order valence-corrected chi connectivity index (χ4v) is 5.99. The molecule has 3 heterocycles. The lowest BCUT2D eigenvalue weighted by Gasteiger charge is -2.22. The number of nitrogens with zero attached hydrogens (tertiary/aromatic N) is 4. The third kappa shape index (κ3) is 6.65. The minimum atomic E-state index is -0.721. The molecule has 1 aliphatic heterocycles. The number of hydrogen-bond donors (Lipinski definition) is 2. The van der Waals surface area contributed by atoms with Crippen LogP contribution in [0.4, 0.5) is 5.69 Å². The molecule has 2 amide bonds. The molecule has 1 fully saturated rings. The predicted octanol–water partition coefficient (Wildman–Crippen LogP) is 4.09. The summed E-state index contributed by atoms with van der Waals surface area (Å²) in [5, 5.41) is 6.28. The first-order chi connectivity index (χ1) is 21.5. The maximum atomic E-state index is 13.0. The van der Waals surface area contributed by atoms with Crippen LogP contribution in [-0.2, 0) is 25.4 Å². The molecule has 0 unspecified atom stereocenters. The fraction of sp³-hybridized carbons (Fsp3) is 0.281. The summed E-state index contributed by atoms with van der Waals surface area (Å²) < 4.78 is 7.66. The summed E-state index contributed by atoms with van der Waals surface area (Å²) >= 11 is 13.7. The Morgan fingerprint density at radius 2 is 1.73 bits per heavy atom. The number of benzene rings is 2. The fourth-order valence-electron chi connectivity index (χ4n) is 5.39. The molecule has 4 aromatic rings. The van der Waals surface area contributed by atoms with Crippen LogP contribution < -0.4 is 26.6 Å². The van der Waals surface area contributed by atoms with Gasteiger partial charge in [-0.1, -0.05) is 59.6 Å². The molecule has 45 heavy (non-hydrogen) atoms. The number of carbonyl (C=O) groups excluding carboxylic acids is 2. The van der Waals surface area contributed by atoms with Crippen LogP contribution in [-0.4, -0.2) is 57.6 Å². The number of methoxy groups -OCH3 is 1. The predicted molar refractivity (Wildman–Crippen MR) is 174 cm³/mol. The van der Waals surface area contributed by atoms with Gasteiger partial charge in [0.25, 0.3) is 11.5 Å². The highest BCUT2D eigenvalue weighted by Crippen LogP contribution is 2.41. The highest BCUT2D eigenvalue weighted by molar-refractivity contribution is 6.39. The Balaban J connectivity index is 1.41. The van der Waals surface area contributed by atoms with Gasteiger partial charge in [-0.2, -0.15) is 0 Å². The van der Waals surface area contributed by atoms with Crippen LogP contribution in [0.1, 0.15) is 28.8 Å². The molecule has 2 aromatic heterocycles. The van der Waals surface area contributed by atoms with Crippen LogP contribution >= 0.6 is 23.2 Å². The van der Waals surface area contributed by atoms with E-state index in [1.807, 2.05) is 37.4 Å². The lowest BCUT2D eigenvalue weighted by Crippen LogP contribution is -2.40. The number of aryl methyl sites for hydroxylation is 1. The first kappa shape index (κ1) is 32.0. The first-order valence-electron chi connectivity index (χ1n) is 14.2. The van der Waals surface area contributed by atoms with Crippen molar-refractivity contribution >= 4 is 40.7 Å².